The number of carbonyl (C=O) groups is 1. The minimum absolute atomic E-state index is 0.121. The summed E-state index contributed by atoms with van der Waals surface area (Å²) in [5.74, 6) is -0.308. The van der Waals surface area contributed by atoms with Gasteiger partial charge in [-0.3, -0.25) is 0 Å². The Balaban J connectivity index is 1.64. The van der Waals surface area contributed by atoms with Crippen molar-refractivity contribution in [3.05, 3.63) is 24.0 Å². The maximum absolute atomic E-state index is 13.7. The molecule has 1 aromatic rings. The van der Waals surface area contributed by atoms with Gasteiger partial charge in [0.05, 0.1) is 18.8 Å². The zero-order chi connectivity index (χ0) is 14.9. The van der Waals surface area contributed by atoms with Gasteiger partial charge in [0.2, 0.25) is 0 Å². The van der Waals surface area contributed by atoms with E-state index in [1.54, 1.807) is 17.0 Å². The van der Waals surface area contributed by atoms with Crippen LogP contribution in [0.15, 0.2) is 23.1 Å². The van der Waals surface area contributed by atoms with Crippen molar-refractivity contribution in [2.24, 2.45) is 0 Å². The van der Waals surface area contributed by atoms with Gasteiger partial charge in [-0.2, -0.15) is 0 Å². The number of anilines is 1. The first kappa shape index (κ1) is 14.7. The molecule has 1 saturated heterocycles. The van der Waals surface area contributed by atoms with E-state index in [4.69, 9.17) is 4.74 Å². The Morgan fingerprint density at radius 3 is 2.90 bits per heavy atom. The number of benzene rings is 1. The molecule has 1 heterocycles. The van der Waals surface area contributed by atoms with Crippen molar-refractivity contribution in [1.82, 2.24) is 4.90 Å². The minimum Gasteiger partial charge on any atom is -0.371 e. The molecule has 1 aliphatic carbocycles. The summed E-state index contributed by atoms with van der Waals surface area (Å²) >= 11 is 1.35. The maximum Gasteiger partial charge on any atom is 0.322 e. The highest BCUT2D eigenvalue weighted by Gasteiger charge is 2.43. The fraction of sp³-hybridized carbons (Fsp3) is 0.533. The molecule has 0 bridgehead atoms. The van der Waals surface area contributed by atoms with Gasteiger partial charge in [0, 0.05) is 17.1 Å². The van der Waals surface area contributed by atoms with Crippen LogP contribution in [0, 0.1) is 5.82 Å². The third-order valence-corrected chi connectivity index (χ3v) is 4.97. The van der Waals surface area contributed by atoms with Crippen molar-refractivity contribution in [1.29, 1.82) is 0 Å². The van der Waals surface area contributed by atoms with E-state index in [1.165, 1.54) is 17.8 Å². The Morgan fingerprint density at radius 2 is 2.29 bits per heavy atom. The fourth-order valence-corrected chi connectivity index (χ4v) is 3.30. The Kier molecular flexibility index (Phi) is 4.08. The number of carbonyl (C=O) groups excluding carboxylic acids is 1. The normalized spacial score (nSPS) is 20.2. The third-order valence-electron chi connectivity index (χ3n) is 4.20. The monoisotopic (exact) mass is 310 g/mol. The minimum atomic E-state index is -0.308. The molecule has 1 N–H and O–H groups in total. The van der Waals surface area contributed by atoms with Gasteiger partial charge >= 0.3 is 6.03 Å². The number of hydrogen-bond acceptors (Lipinski definition) is 3. The Bertz CT molecular complexity index is 548. The molecule has 2 aliphatic rings. The second-order valence-electron chi connectivity index (χ2n) is 5.59. The molecule has 1 aromatic carbocycles. The summed E-state index contributed by atoms with van der Waals surface area (Å²) in [6.45, 7) is 1.79. The largest absolute Gasteiger partial charge is 0.371 e. The maximum atomic E-state index is 13.7. The van der Waals surface area contributed by atoms with Crippen LogP contribution in [0.5, 0.6) is 0 Å². The van der Waals surface area contributed by atoms with Gasteiger partial charge in [-0.25, -0.2) is 9.18 Å². The van der Waals surface area contributed by atoms with Crippen LogP contribution in [-0.2, 0) is 4.74 Å². The van der Waals surface area contributed by atoms with Crippen LogP contribution in [0.2, 0.25) is 0 Å². The number of halogens is 1. The molecule has 0 aromatic heterocycles. The molecule has 3 rings (SSSR count). The number of urea groups is 1. The average molecular weight is 310 g/mol. The zero-order valence-electron chi connectivity index (χ0n) is 12.0. The number of amides is 2. The zero-order valence-corrected chi connectivity index (χ0v) is 12.8. The molecule has 0 radical (unpaired) electrons. The van der Waals surface area contributed by atoms with Gasteiger partial charge < -0.3 is 15.0 Å². The quantitative estimate of drug-likeness (QED) is 0.852. The smallest absolute Gasteiger partial charge is 0.322 e. The standard InChI is InChI=1S/C15H19FN2O2S/c1-21-13-4-3-11(9-12(13)16)17-14(19)18-7-8-20-15(10-18)5-2-6-15/h3-4,9H,2,5-8,10H2,1H3,(H,17,19). The molecule has 6 heteroatoms. The molecular formula is C15H19FN2O2S. The van der Waals surface area contributed by atoms with E-state index in [0.29, 0.717) is 30.3 Å². The molecule has 0 atom stereocenters. The molecular weight excluding hydrogens is 291 g/mol. The number of nitrogens with zero attached hydrogens (tertiary/aromatic N) is 1. The number of morpholine rings is 1. The van der Waals surface area contributed by atoms with Crippen LogP contribution in [0.3, 0.4) is 0 Å². The lowest BCUT2D eigenvalue weighted by molar-refractivity contribution is -0.140. The summed E-state index contributed by atoms with van der Waals surface area (Å²) in [6, 6.07) is 4.60. The van der Waals surface area contributed by atoms with Crippen LogP contribution in [0.4, 0.5) is 14.9 Å². The van der Waals surface area contributed by atoms with E-state index < -0.39 is 0 Å². The molecule has 0 unspecified atom stereocenters. The van der Waals surface area contributed by atoms with Gasteiger partial charge in [0.25, 0.3) is 0 Å². The summed E-state index contributed by atoms with van der Waals surface area (Å²) < 4.78 is 19.5. The summed E-state index contributed by atoms with van der Waals surface area (Å²) in [5.41, 5.74) is 0.369. The van der Waals surface area contributed by atoms with Gasteiger partial charge in [0.1, 0.15) is 5.82 Å². The predicted molar refractivity (Wildman–Crippen MR) is 81.3 cm³/mol. The van der Waals surface area contributed by atoms with E-state index in [2.05, 4.69) is 5.32 Å². The van der Waals surface area contributed by atoms with Crippen molar-refractivity contribution in [3.63, 3.8) is 0 Å². The molecule has 2 amide bonds. The highest BCUT2D eigenvalue weighted by molar-refractivity contribution is 7.98. The first-order valence-electron chi connectivity index (χ1n) is 7.15. The second-order valence-corrected chi connectivity index (χ2v) is 6.43. The van der Waals surface area contributed by atoms with Crippen molar-refractivity contribution in [2.75, 3.05) is 31.3 Å². The van der Waals surface area contributed by atoms with Gasteiger partial charge in [-0.15, -0.1) is 11.8 Å². The van der Waals surface area contributed by atoms with E-state index in [1.807, 2.05) is 6.26 Å². The SMILES string of the molecule is CSc1ccc(NC(=O)N2CCOC3(CCC3)C2)cc1F. The molecule has 114 valence electrons. The number of thioether (sulfide) groups is 1. The molecule has 21 heavy (non-hydrogen) atoms. The van der Waals surface area contributed by atoms with Gasteiger partial charge in [-0.1, -0.05) is 0 Å². The second kappa shape index (κ2) is 5.85. The Labute approximate surface area is 128 Å². The van der Waals surface area contributed by atoms with Crippen molar-refractivity contribution in [3.8, 4) is 0 Å². The molecule has 4 nitrogen and oxygen atoms in total. The Hall–Kier alpha value is -1.27. The highest BCUT2D eigenvalue weighted by atomic mass is 32.2. The molecule has 1 spiro atoms. The van der Waals surface area contributed by atoms with E-state index in [-0.39, 0.29) is 17.4 Å². The lowest BCUT2D eigenvalue weighted by Crippen LogP contribution is -2.57. The number of rotatable bonds is 2. The topological polar surface area (TPSA) is 41.6 Å². The third kappa shape index (κ3) is 3.01. The first-order chi connectivity index (χ1) is 10.1. The Morgan fingerprint density at radius 1 is 1.48 bits per heavy atom. The summed E-state index contributed by atoms with van der Waals surface area (Å²) in [4.78, 5) is 14.6. The number of ether oxygens (including phenoxy) is 1. The lowest BCUT2D eigenvalue weighted by Gasteiger charge is -2.48. The fourth-order valence-electron chi connectivity index (χ4n) is 2.84. The van der Waals surface area contributed by atoms with Crippen LogP contribution in [0.25, 0.3) is 0 Å². The van der Waals surface area contributed by atoms with Gasteiger partial charge in [-0.05, 0) is 43.7 Å². The van der Waals surface area contributed by atoms with Gasteiger partial charge in [0.15, 0.2) is 0 Å². The lowest BCUT2D eigenvalue weighted by atomic mass is 9.79. The number of nitrogens with one attached hydrogen (secondary N) is 1. The molecule has 2 fully saturated rings. The van der Waals surface area contributed by atoms with Crippen molar-refractivity contribution in [2.45, 2.75) is 29.8 Å². The molecule has 1 saturated carbocycles. The van der Waals surface area contributed by atoms with E-state index >= 15 is 0 Å². The van der Waals surface area contributed by atoms with E-state index in [9.17, 15) is 9.18 Å². The number of hydrogen-bond donors (Lipinski definition) is 1. The first-order valence-corrected chi connectivity index (χ1v) is 8.38. The summed E-state index contributed by atoms with van der Waals surface area (Å²) in [5, 5.41) is 2.77. The van der Waals surface area contributed by atoms with Crippen LogP contribution < -0.4 is 5.32 Å². The van der Waals surface area contributed by atoms with Crippen molar-refractivity contribution >= 4 is 23.5 Å². The van der Waals surface area contributed by atoms with Crippen LogP contribution in [-0.4, -0.2) is 42.5 Å². The van der Waals surface area contributed by atoms with Crippen LogP contribution in [0.1, 0.15) is 19.3 Å². The van der Waals surface area contributed by atoms with Crippen molar-refractivity contribution < 1.29 is 13.9 Å². The predicted octanol–water partition coefficient (Wildman–Crippen LogP) is 3.33. The average Bonchev–Trinajstić information content (AvgIpc) is 2.46. The summed E-state index contributed by atoms with van der Waals surface area (Å²) in [7, 11) is 0. The summed E-state index contributed by atoms with van der Waals surface area (Å²) in [6.07, 6.45) is 5.03. The van der Waals surface area contributed by atoms with Crippen LogP contribution >= 0.6 is 11.8 Å². The molecule has 1 aliphatic heterocycles. The highest BCUT2D eigenvalue weighted by Crippen LogP contribution is 2.38. The van der Waals surface area contributed by atoms with E-state index in [0.717, 1.165) is 19.3 Å².